The van der Waals surface area contributed by atoms with Gasteiger partial charge in [-0.1, -0.05) is 0 Å². The van der Waals surface area contributed by atoms with Crippen molar-refractivity contribution in [2.24, 2.45) is 13.0 Å². The summed E-state index contributed by atoms with van der Waals surface area (Å²) in [5, 5.41) is 18.1. The maximum atomic E-state index is 12.5. The molecule has 0 amide bonds. The van der Waals surface area contributed by atoms with Crippen LogP contribution in [0.2, 0.25) is 0 Å². The highest BCUT2D eigenvalue weighted by atomic mass is 32.2. The van der Waals surface area contributed by atoms with Crippen molar-refractivity contribution in [3.63, 3.8) is 0 Å². The molecule has 1 atom stereocenters. The normalized spacial score (nSPS) is 21.0. The van der Waals surface area contributed by atoms with Gasteiger partial charge in [-0.2, -0.15) is 4.31 Å². The number of aromatic carboxylic acids is 1. The number of nitrogens with zero attached hydrogens (tertiary/aromatic N) is 2. The molecule has 0 aliphatic carbocycles. The third-order valence-corrected chi connectivity index (χ3v) is 5.41. The van der Waals surface area contributed by atoms with Gasteiger partial charge in [0.15, 0.2) is 0 Å². The van der Waals surface area contributed by atoms with Gasteiger partial charge < -0.3 is 14.8 Å². The second-order valence-electron chi connectivity index (χ2n) is 5.03. The van der Waals surface area contributed by atoms with Gasteiger partial charge in [-0.05, 0) is 24.8 Å². The molecule has 1 unspecified atom stereocenters. The van der Waals surface area contributed by atoms with Gasteiger partial charge in [0.25, 0.3) is 0 Å². The first-order chi connectivity index (χ1) is 9.36. The molecular weight excluding hydrogens is 284 g/mol. The van der Waals surface area contributed by atoms with Gasteiger partial charge in [0.2, 0.25) is 10.0 Å². The molecule has 0 radical (unpaired) electrons. The molecule has 0 aromatic carbocycles. The number of piperidine rings is 1. The highest BCUT2D eigenvalue weighted by Crippen LogP contribution is 2.24. The largest absolute Gasteiger partial charge is 0.477 e. The molecule has 0 bridgehead atoms. The molecule has 1 aliphatic rings. The lowest BCUT2D eigenvalue weighted by Gasteiger charge is -2.30. The summed E-state index contributed by atoms with van der Waals surface area (Å²) in [4.78, 5) is 11.0. The van der Waals surface area contributed by atoms with Crippen LogP contribution in [0.3, 0.4) is 0 Å². The highest BCUT2D eigenvalue weighted by Gasteiger charge is 2.31. The third-order valence-electron chi connectivity index (χ3n) is 3.58. The van der Waals surface area contributed by atoms with Gasteiger partial charge in [-0.3, -0.25) is 0 Å². The number of hydrogen-bond donors (Lipinski definition) is 2. The summed E-state index contributed by atoms with van der Waals surface area (Å²) in [6.07, 6.45) is 2.81. The fourth-order valence-corrected chi connectivity index (χ4v) is 4.06. The van der Waals surface area contributed by atoms with Crippen LogP contribution in [0.5, 0.6) is 0 Å². The standard InChI is InChI=1S/C12H18N2O5S/c1-13-7-10(5-11(13)12(16)17)20(18,19)14-4-2-3-9(6-14)8-15/h5,7,9,15H,2-4,6,8H2,1H3,(H,16,17). The molecule has 0 spiro atoms. The lowest BCUT2D eigenvalue weighted by atomic mass is 10.0. The molecule has 1 aromatic rings. The predicted molar refractivity (Wildman–Crippen MR) is 70.9 cm³/mol. The zero-order valence-electron chi connectivity index (χ0n) is 11.2. The van der Waals surface area contributed by atoms with E-state index in [9.17, 15) is 13.2 Å². The number of carboxylic acids is 1. The first kappa shape index (κ1) is 15.0. The van der Waals surface area contributed by atoms with E-state index >= 15 is 0 Å². The van der Waals surface area contributed by atoms with Crippen LogP contribution in [0.15, 0.2) is 17.2 Å². The Morgan fingerprint density at radius 3 is 2.75 bits per heavy atom. The van der Waals surface area contributed by atoms with Crippen molar-refractivity contribution >= 4 is 16.0 Å². The zero-order valence-corrected chi connectivity index (χ0v) is 12.0. The first-order valence-corrected chi connectivity index (χ1v) is 7.81. The van der Waals surface area contributed by atoms with Gasteiger partial charge >= 0.3 is 5.97 Å². The summed E-state index contributed by atoms with van der Waals surface area (Å²) in [6.45, 7) is 0.632. The SMILES string of the molecule is Cn1cc(S(=O)(=O)N2CCCC(CO)C2)cc1C(=O)O. The van der Waals surface area contributed by atoms with Crippen LogP contribution in [0.25, 0.3) is 0 Å². The maximum Gasteiger partial charge on any atom is 0.352 e. The van der Waals surface area contributed by atoms with E-state index in [1.807, 2.05) is 0 Å². The molecule has 7 nitrogen and oxygen atoms in total. The van der Waals surface area contributed by atoms with E-state index in [1.165, 1.54) is 28.2 Å². The summed E-state index contributed by atoms with van der Waals surface area (Å²) >= 11 is 0. The number of aliphatic hydroxyl groups excluding tert-OH is 1. The fourth-order valence-electron chi connectivity index (χ4n) is 2.43. The van der Waals surface area contributed by atoms with E-state index < -0.39 is 16.0 Å². The van der Waals surface area contributed by atoms with Crippen molar-refractivity contribution in [1.29, 1.82) is 0 Å². The molecule has 112 valence electrons. The van der Waals surface area contributed by atoms with E-state index in [1.54, 1.807) is 0 Å². The number of aliphatic hydroxyl groups is 1. The number of carboxylic acid groups (broad SMARTS) is 1. The molecular formula is C12H18N2O5S. The molecule has 0 saturated carbocycles. The quantitative estimate of drug-likeness (QED) is 0.822. The van der Waals surface area contributed by atoms with Crippen LogP contribution in [-0.2, 0) is 17.1 Å². The number of rotatable bonds is 4. The van der Waals surface area contributed by atoms with E-state index in [-0.39, 0.29) is 29.7 Å². The summed E-state index contributed by atoms with van der Waals surface area (Å²) in [5.41, 5.74) is -0.0701. The third kappa shape index (κ3) is 2.72. The van der Waals surface area contributed by atoms with Crippen LogP contribution < -0.4 is 0 Å². The van der Waals surface area contributed by atoms with Crippen LogP contribution in [0, 0.1) is 5.92 Å². The second-order valence-corrected chi connectivity index (χ2v) is 6.97. The summed E-state index contributed by atoms with van der Waals surface area (Å²) < 4.78 is 27.5. The molecule has 1 saturated heterocycles. The minimum absolute atomic E-state index is 0.0176. The van der Waals surface area contributed by atoms with Gasteiger partial charge in [-0.15, -0.1) is 0 Å². The number of carbonyl (C=O) groups is 1. The van der Waals surface area contributed by atoms with E-state index in [0.717, 1.165) is 6.42 Å². The Morgan fingerprint density at radius 2 is 2.20 bits per heavy atom. The first-order valence-electron chi connectivity index (χ1n) is 6.37. The minimum Gasteiger partial charge on any atom is -0.477 e. The lowest BCUT2D eigenvalue weighted by molar-refractivity contribution is 0.0686. The van der Waals surface area contributed by atoms with Crippen LogP contribution in [0.1, 0.15) is 23.3 Å². The van der Waals surface area contributed by atoms with Gasteiger partial charge in [0.1, 0.15) is 10.6 Å². The summed E-state index contributed by atoms with van der Waals surface area (Å²) in [7, 11) is -2.21. The molecule has 1 aromatic heterocycles. The molecule has 1 aliphatic heterocycles. The van der Waals surface area contributed by atoms with Crippen molar-refractivity contribution in [2.75, 3.05) is 19.7 Å². The predicted octanol–water partition coefficient (Wildman–Crippen LogP) is 0.116. The molecule has 2 N–H and O–H groups in total. The van der Waals surface area contributed by atoms with Gasteiger partial charge in [0.05, 0.1) is 0 Å². The van der Waals surface area contributed by atoms with Crippen LogP contribution in [-0.4, -0.2) is 53.2 Å². The number of aryl methyl sites for hydroxylation is 1. The molecule has 20 heavy (non-hydrogen) atoms. The molecule has 2 heterocycles. The Bertz CT molecular complexity index is 607. The minimum atomic E-state index is -3.70. The van der Waals surface area contributed by atoms with E-state index in [4.69, 9.17) is 10.2 Å². The number of aromatic nitrogens is 1. The van der Waals surface area contributed by atoms with E-state index in [2.05, 4.69) is 0 Å². The Labute approximate surface area is 117 Å². The molecule has 2 rings (SSSR count). The molecule has 1 fully saturated rings. The number of sulfonamides is 1. The Balaban J connectivity index is 2.30. The zero-order chi connectivity index (χ0) is 14.9. The Morgan fingerprint density at radius 1 is 1.50 bits per heavy atom. The van der Waals surface area contributed by atoms with Gasteiger partial charge in [-0.25, -0.2) is 13.2 Å². The molecule has 8 heteroatoms. The van der Waals surface area contributed by atoms with Crippen molar-refractivity contribution in [1.82, 2.24) is 8.87 Å². The topological polar surface area (TPSA) is 99.8 Å². The van der Waals surface area contributed by atoms with E-state index in [0.29, 0.717) is 13.0 Å². The van der Waals surface area contributed by atoms with Crippen molar-refractivity contribution in [2.45, 2.75) is 17.7 Å². The smallest absolute Gasteiger partial charge is 0.352 e. The fraction of sp³-hybridized carbons (Fsp3) is 0.583. The van der Waals surface area contributed by atoms with Crippen molar-refractivity contribution in [3.05, 3.63) is 18.0 Å². The maximum absolute atomic E-state index is 12.5. The van der Waals surface area contributed by atoms with Crippen LogP contribution >= 0.6 is 0 Å². The average molecular weight is 302 g/mol. The highest BCUT2D eigenvalue weighted by molar-refractivity contribution is 7.89. The second kappa shape index (κ2) is 5.55. The monoisotopic (exact) mass is 302 g/mol. The van der Waals surface area contributed by atoms with Crippen molar-refractivity contribution in [3.8, 4) is 0 Å². The Kier molecular flexibility index (Phi) is 4.17. The summed E-state index contributed by atoms with van der Waals surface area (Å²) in [5.74, 6) is -1.22. The summed E-state index contributed by atoms with van der Waals surface area (Å²) in [6, 6.07) is 1.17. The Hall–Kier alpha value is -1.38. The average Bonchev–Trinajstić information content (AvgIpc) is 2.82. The van der Waals surface area contributed by atoms with Gasteiger partial charge in [0, 0.05) is 32.9 Å². The number of hydrogen-bond acceptors (Lipinski definition) is 4. The lowest BCUT2D eigenvalue weighted by Crippen LogP contribution is -2.40. The van der Waals surface area contributed by atoms with Crippen molar-refractivity contribution < 1.29 is 23.4 Å². The van der Waals surface area contributed by atoms with Crippen LogP contribution in [0.4, 0.5) is 0 Å².